The van der Waals surface area contributed by atoms with E-state index >= 15 is 0 Å². The Kier molecular flexibility index (Phi) is 7.41. The van der Waals surface area contributed by atoms with Crippen LogP contribution in [-0.2, 0) is 0 Å². The van der Waals surface area contributed by atoms with Gasteiger partial charge in [0, 0.05) is 35.3 Å². The lowest BCUT2D eigenvalue weighted by Gasteiger charge is -2.33. The molecule has 176 valence electrons. The Hall–Kier alpha value is -2.76. The number of fused-ring (bicyclic) bond motifs is 1. The zero-order valence-corrected chi connectivity index (χ0v) is 20.8. The van der Waals surface area contributed by atoms with E-state index < -0.39 is 0 Å². The van der Waals surface area contributed by atoms with Crippen molar-refractivity contribution in [2.75, 3.05) is 5.32 Å². The quantitative estimate of drug-likeness (QED) is 0.438. The number of anilines is 1. The summed E-state index contributed by atoms with van der Waals surface area (Å²) in [6.07, 6.45) is 15.5. The Morgan fingerprint density at radius 1 is 1.03 bits per heavy atom. The fourth-order valence-electron chi connectivity index (χ4n) is 4.76. The minimum absolute atomic E-state index is 0.499. The predicted octanol–water partition coefficient (Wildman–Crippen LogP) is 7.01. The van der Waals surface area contributed by atoms with Crippen LogP contribution in [0.15, 0.2) is 35.7 Å². The fourth-order valence-corrected chi connectivity index (χ4v) is 4.76. The van der Waals surface area contributed by atoms with Gasteiger partial charge in [-0.1, -0.05) is 46.0 Å². The Morgan fingerprint density at radius 2 is 1.79 bits per heavy atom. The van der Waals surface area contributed by atoms with Crippen molar-refractivity contribution >= 4 is 23.0 Å². The van der Waals surface area contributed by atoms with Gasteiger partial charge in [-0.2, -0.15) is 0 Å². The topological polar surface area (TPSA) is 67.5 Å². The van der Waals surface area contributed by atoms with Gasteiger partial charge in [0.25, 0.3) is 0 Å². The molecular formula is C27H38N6. The summed E-state index contributed by atoms with van der Waals surface area (Å²) in [5, 5.41) is 8.01. The molecule has 0 spiro atoms. The molecule has 3 aromatic heterocycles. The summed E-state index contributed by atoms with van der Waals surface area (Å²) in [6.45, 7) is 10.6. The molecule has 33 heavy (non-hydrogen) atoms. The second kappa shape index (κ2) is 10.4. The lowest BCUT2D eigenvalue weighted by molar-refractivity contribution is 0.307. The number of pyridine rings is 1. The predicted molar refractivity (Wildman–Crippen MR) is 137 cm³/mol. The molecule has 0 atom stereocenters. The molecule has 0 amide bonds. The van der Waals surface area contributed by atoms with Gasteiger partial charge < -0.3 is 5.32 Å². The Balaban J connectivity index is 0.000000318. The van der Waals surface area contributed by atoms with Gasteiger partial charge in [0.1, 0.15) is 0 Å². The zero-order chi connectivity index (χ0) is 23.4. The highest BCUT2D eigenvalue weighted by Gasteiger charge is 2.25. The molecular weight excluding hydrogens is 408 g/mol. The number of rotatable bonds is 4. The van der Waals surface area contributed by atoms with Crippen molar-refractivity contribution in [3.05, 3.63) is 36.3 Å². The van der Waals surface area contributed by atoms with E-state index in [0.717, 1.165) is 45.6 Å². The molecule has 2 saturated carbocycles. The highest BCUT2D eigenvalue weighted by molar-refractivity contribution is 5.83. The van der Waals surface area contributed by atoms with Gasteiger partial charge in [-0.25, -0.2) is 19.5 Å². The summed E-state index contributed by atoms with van der Waals surface area (Å²) in [7, 11) is 0. The van der Waals surface area contributed by atoms with Gasteiger partial charge >= 0.3 is 0 Å². The smallest absolute Gasteiger partial charge is 0.241 e. The van der Waals surface area contributed by atoms with Crippen LogP contribution >= 0.6 is 0 Å². The van der Waals surface area contributed by atoms with Crippen molar-refractivity contribution in [2.24, 2.45) is 16.8 Å². The van der Waals surface area contributed by atoms with Gasteiger partial charge in [0.15, 0.2) is 5.82 Å². The number of nitrogens with zero attached hydrogens (tertiary/aromatic N) is 5. The summed E-state index contributed by atoms with van der Waals surface area (Å²) in [4.78, 5) is 13.5. The van der Waals surface area contributed by atoms with E-state index in [2.05, 4.69) is 51.4 Å². The van der Waals surface area contributed by atoms with Crippen LogP contribution in [-0.4, -0.2) is 31.3 Å². The van der Waals surface area contributed by atoms with Crippen molar-refractivity contribution in [3.8, 4) is 11.1 Å². The van der Waals surface area contributed by atoms with E-state index in [1.54, 1.807) is 0 Å². The first-order valence-electron chi connectivity index (χ1n) is 12.5. The van der Waals surface area contributed by atoms with E-state index in [0.29, 0.717) is 12.0 Å². The molecule has 0 aromatic carbocycles. The van der Waals surface area contributed by atoms with Crippen molar-refractivity contribution in [3.63, 3.8) is 0 Å². The van der Waals surface area contributed by atoms with Crippen LogP contribution < -0.4 is 5.32 Å². The van der Waals surface area contributed by atoms with Crippen molar-refractivity contribution < 1.29 is 0 Å². The minimum Gasteiger partial charge on any atom is -0.350 e. The maximum atomic E-state index is 4.60. The maximum Gasteiger partial charge on any atom is 0.241 e. The molecule has 3 heterocycles. The van der Waals surface area contributed by atoms with Crippen LogP contribution in [0, 0.1) is 18.8 Å². The average molecular weight is 447 g/mol. The largest absolute Gasteiger partial charge is 0.350 e. The van der Waals surface area contributed by atoms with Gasteiger partial charge in [0.2, 0.25) is 5.95 Å². The number of nitrogens with one attached hydrogen (secondary N) is 1. The van der Waals surface area contributed by atoms with Crippen LogP contribution in [0.4, 0.5) is 11.8 Å². The molecule has 2 fully saturated rings. The standard InChI is InChI=1S/C20H24N6.C7H14/c1-12(2)23-19-14(4)9-15(10-21-19)17-5-6-26-18(17)11-22-20(25-26)24-16-7-13(3)8-16;1-7-5-3-2-4-6-7/h5-6,9-11,13,16H,7-8H2,1-4H3,(H,24,25);7H,2-6H2,1H3. The molecule has 2 aliphatic rings. The molecule has 0 aliphatic heterocycles. The van der Waals surface area contributed by atoms with Crippen LogP contribution in [0.2, 0.25) is 0 Å². The van der Waals surface area contributed by atoms with Crippen LogP contribution in [0.1, 0.15) is 78.2 Å². The summed E-state index contributed by atoms with van der Waals surface area (Å²) in [5.74, 6) is 3.30. The lowest BCUT2D eigenvalue weighted by atomic mass is 9.82. The van der Waals surface area contributed by atoms with Gasteiger partial charge in [-0.15, -0.1) is 5.10 Å². The van der Waals surface area contributed by atoms with E-state index in [1.165, 1.54) is 44.9 Å². The van der Waals surface area contributed by atoms with E-state index in [-0.39, 0.29) is 0 Å². The summed E-state index contributed by atoms with van der Waals surface area (Å²) >= 11 is 0. The third-order valence-corrected chi connectivity index (χ3v) is 6.71. The minimum atomic E-state index is 0.499. The molecule has 6 nitrogen and oxygen atoms in total. The van der Waals surface area contributed by atoms with Gasteiger partial charge in [-0.3, -0.25) is 0 Å². The molecule has 1 N–H and O–H groups in total. The first kappa shape index (κ1) is 23.4. The summed E-state index contributed by atoms with van der Waals surface area (Å²) in [6, 6.07) is 4.68. The van der Waals surface area contributed by atoms with Crippen molar-refractivity contribution in [1.82, 2.24) is 19.6 Å². The third-order valence-electron chi connectivity index (χ3n) is 6.71. The highest BCUT2D eigenvalue weighted by Crippen LogP contribution is 2.30. The first-order valence-corrected chi connectivity index (χ1v) is 12.5. The first-order chi connectivity index (χ1) is 15.9. The Labute approximate surface area is 198 Å². The Bertz CT molecular complexity index is 1100. The number of aromatic nitrogens is 4. The number of aliphatic imine (C=N–C) groups is 1. The van der Waals surface area contributed by atoms with Crippen molar-refractivity contribution in [2.45, 2.75) is 85.6 Å². The molecule has 0 unspecified atom stereocenters. The molecule has 0 radical (unpaired) electrons. The van der Waals surface area contributed by atoms with Crippen LogP contribution in [0.25, 0.3) is 16.6 Å². The number of hydrogen-bond acceptors (Lipinski definition) is 5. The summed E-state index contributed by atoms with van der Waals surface area (Å²) in [5.41, 5.74) is 5.16. The second-order valence-electron chi connectivity index (χ2n) is 10.2. The fraction of sp³-hybridized carbons (Fsp3) is 0.556. The Morgan fingerprint density at radius 3 is 2.39 bits per heavy atom. The molecule has 0 bridgehead atoms. The molecule has 3 aromatic rings. The summed E-state index contributed by atoms with van der Waals surface area (Å²) < 4.78 is 1.88. The van der Waals surface area contributed by atoms with Crippen LogP contribution in [0.3, 0.4) is 0 Å². The zero-order valence-electron chi connectivity index (χ0n) is 20.8. The highest BCUT2D eigenvalue weighted by atomic mass is 15.3. The number of hydrogen-bond donors (Lipinski definition) is 1. The lowest BCUT2D eigenvalue weighted by Crippen LogP contribution is -2.34. The average Bonchev–Trinajstić information content (AvgIpc) is 3.18. The molecule has 2 aliphatic carbocycles. The molecule has 5 rings (SSSR count). The van der Waals surface area contributed by atoms with Crippen LogP contribution in [0.5, 0.6) is 0 Å². The van der Waals surface area contributed by atoms with Gasteiger partial charge in [0.05, 0.1) is 11.7 Å². The van der Waals surface area contributed by atoms with Crippen molar-refractivity contribution in [1.29, 1.82) is 0 Å². The SMILES string of the molecule is CC(C)=Nc1ncc(-c2ccn3nc(NC4CC(C)C4)ncc23)cc1C.CC1CCCCC1. The van der Waals surface area contributed by atoms with E-state index in [1.807, 2.05) is 43.9 Å². The van der Waals surface area contributed by atoms with E-state index in [9.17, 15) is 0 Å². The van der Waals surface area contributed by atoms with E-state index in [4.69, 9.17) is 0 Å². The monoisotopic (exact) mass is 446 g/mol. The number of aryl methyl sites for hydroxylation is 1. The van der Waals surface area contributed by atoms with Gasteiger partial charge in [-0.05, 0) is 63.1 Å². The molecule has 0 saturated heterocycles. The second-order valence-corrected chi connectivity index (χ2v) is 10.2. The maximum absolute atomic E-state index is 4.60. The normalized spacial score (nSPS) is 20.5. The molecule has 6 heteroatoms. The third kappa shape index (κ3) is 5.98.